The third-order valence-corrected chi connectivity index (χ3v) is 5.64. The van der Waals surface area contributed by atoms with E-state index in [9.17, 15) is 8.42 Å². The van der Waals surface area contributed by atoms with Gasteiger partial charge in [0.25, 0.3) is 10.0 Å². The first-order valence-electron chi connectivity index (χ1n) is 5.57. The van der Waals surface area contributed by atoms with Crippen LogP contribution in [0.3, 0.4) is 0 Å². The fraction of sp³-hybridized carbons (Fsp3) is 0. The van der Waals surface area contributed by atoms with Crippen LogP contribution in [0.5, 0.6) is 0 Å². The molecule has 3 rings (SSSR count). The molecule has 3 N–H and O–H groups in total. The molecule has 0 aliphatic heterocycles. The Bertz CT molecular complexity index is 935. The van der Waals surface area contributed by atoms with Crippen molar-refractivity contribution < 1.29 is 8.42 Å². The maximum Gasteiger partial charge on any atom is 0.281 e. The number of nitrogens with zero attached hydrogens (tertiary/aromatic N) is 2. The normalized spacial score (nSPS) is 11.9. The number of anilines is 2. The topological polar surface area (TPSA) is 89.5 Å². The van der Waals surface area contributed by atoms with E-state index in [1.54, 1.807) is 29.8 Å². The van der Waals surface area contributed by atoms with E-state index in [0.29, 0.717) is 4.96 Å². The standard InChI is InChI=1S/C11H8BrClN4O2S2/c12-6-1-2-8(7(13)5-6)16-21(18,19)10-9(14)15-11-17(10)3-4-20-11/h1-5,16H,14H2. The van der Waals surface area contributed by atoms with Crippen LogP contribution >= 0.6 is 38.9 Å². The number of nitrogens with one attached hydrogen (secondary N) is 1. The van der Waals surface area contributed by atoms with Crippen LogP contribution in [-0.2, 0) is 10.0 Å². The van der Waals surface area contributed by atoms with Crippen molar-refractivity contribution in [3.05, 3.63) is 39.3 Å². The summed E-state index contributed by atoms with van der Waals surface area (Å²) < 4.78 is 29.6. The summed E-state index contributed by atoms with van der Waals surface area (Å²) in [4.78, 5) is 4.53. The van der Waals surface area contributed by atoms with Crippen molar-refractivity contribution in [2.24, 2.45) is 0 Å². The van der Waals surface area contributed by atoms with E-state index < -0.39 is 10.0 Å². The largest absolute Gasteiger partial charge is 0.381 e. The zero-order chi connectivity index (χ0) is 15.2. The summed E-state index contributed by atoms with van der Waals surface area (Å²) in [6.07, 6.45) is 1.60. The molecule has 0 saturated carbocycles. The van der Waals surface area contributed by atoms with Gasteiger partial charge in [0, 0.05) is 16.0 Å². The number of halogens is 2. The Labute approximate surface area is 137 Å². The van der Waals surface area contributed by atoms with Crippen molar-refractivity contribution in [1.29, 1.82) is 0 Å². The summed E-state index contributed by atoms with van der Waals surface area (Å²) in [6, 6.07) is 4.84. The first kappa shape index (κ1) is 14.6. The molecular formula is C11H8BrClN4O2S2. The number of thiazole rings is 1. The molecule has 0 atom stereocenters. The van der Waals surface area contributed by atoms with Crippen LogP contribution in [0.25, 0.3) is 4.96 Å². The van der Waals surface area contributed by atoms with Crippen molar-refractivity contribution >= 4 is 65.4 Å². The van der Waals surface area contributed by atoms with E-state index in [1.165, 1.54) is 15.7 Å². The fourth-order valence-electron chi connectivity index (χ4n) is 1.81. The maximum atomic E-state index is 12.5. The van der Waals surface area contributed by atoms with E-state index in [4.69, 9.17) is 17.3 Å². The lowest BCUT2D eigenvalue weighted by atomic mass is 10.3. The zero-order valence-electron chi connectivity index (χ0n) is 10.2. The summed E-state index contributed by atoms with van der Waals surface area (Å²) in [5, 5.41) is 1.91. The number of aromatic nitrogens is 2. The summed E-state index contributed by atoms with van der Waals surface area (Å²) >= 11 is 10.6. The highest BCUT2D eigenvalue weighted by Gasteiger charge is 2.25. The molecular weight excluding hydrogens is 400 g/mol. The Hall–Kier alpha value is -1.29. The van der Waals surface area contributed by atoms with Crippen molar-refractivity contribution in [3.8, 4) is 0 Å². The van der Waals surface area contributed by atoms with Gasteiger partial charge in [-0.05, 0) is 18.2 Å². The number of nitrogen functional groups attached to an aromatic ring is 1. The Kier molecular flexibility index (Phi) is 3.60. The Morgan fingerprint density at radius 3 is 2.90 bits per heavy atom. The minimum atomic E-state index is -3.90. The van der Waals surface area contributed by atoms with Gasteiger partial charge in [-0.3, -0.25) is 9.12 Å². The minimum Gasteiger partial charge on any atom is -0.381 e. The second-order valence-electron chi connectivity index (χ2n) is 4.09. The molecule has 21 heavy (non-hydrogen) atoms. The van der Waals surface area contributed by atoms with Crippen LogP contribution in [-0.4, -0.2) is 17.8 Å². The second kappa shape index (κ2) is 5.16. The summed E-state index contributed by atoms with van der Waals surface area (Å²) in [6.45, 7) is 0. The van der Waals surface area contributed by atoms with Crippen molar-refractivity contribution in [3.63, 3.8) is 0 Å². The molecule has 0 bridgehead atoms. The number of rotatable bonds is 3. The van der Waals surface area contributed by atoms with E-state index in [-0.39, 0.29) is 21.6 Å². The van der Waals surface area contributed by atoms with Gasteiger partial charge in [-0.15, -0.1) is 11.3 Å². The molecule has 2 heterocycles. The number of fused-ring (bicyclic) bond motifs is 1. The lowest BCUT2D eigenvalue weighted by Gasteiger charge is -2.09. The number of sulfonamides is 1. The van der Waals surface area contributed by atoms with E-state index in [0.717, 1.165) is 4.47 Å². The molecule has 0 amide bonds. The zero-order valence-corrected chi connectivity index (χ0v) is 14.2. The molecule has 2 aromatic heterocycles. The molecule has 10 heteroatoms. The van der Waals surface area contributed by atoms with Crippen molar-refractivity contribution in [1.82, 2.24) is 9.38 Å². The predicted octanol–water partition coefficient (Wildman–Crippen LogP) is 3.19. The Balaban J connectivity index is 2.08. The van der Waals surface area contributed by atoms with Gasteiger partial charge >= 0.3 is 0 Å². The molecule has 6 nitrogen and oxygen atoms in total. The van der Waals surface area contributed by atoms with Gasteiger partial charge in [-0.1, -0.05) is 27.5 Å². The highest BCUT2D eigenvalue weighted by Crippen LogP contribution is 2.30. The molecule has 0 spiro atoms. The van der Waals surface area contributed by atoms with Gasteiger partial charge in [0.15, 0.2) is 10.8 Å². The lowest BCUT2D eigenvalue weighted by Crippen LogP contribution is -2.16. The molecule has 0 saturated heterocycles. The maximum absolute atomic E-state index is 12.5. The molecule has 0 radical (unpaired) electrons. The molecule has 3 aromatic rings. The van der Waals surface area contributed by atoms with Crippen molar-refractivity contribution in [2.45, 2.75) is 5.03 Å². The fourth-order valence-corrected chi connectivity index (χ4v) is 4.66. The monoisotopic (exact) mass is 406 g/mol. The van der Waals surface area contributed by atoms with Gasteiger partial charge in [-0.25, -0.2) is 4.98 Å². The van der Waals surface area contributed by atoms with Crippen LogP contribution in [0.2, 0.25) is 5.02 Å². The highest BCUT2D eigenvalue weighted by molar-refractivity contribution is 9.10. The Morgan fingerprint density at radius 2 is 2.19 bits per heavy atom. The average Bonchev–Trinajstić information content (AvgIpc) is 2.91. The van der Waals surface area contributed by atoms with E-state index in [1.807, 2.05) is 0 Å². The molecule has 1 aromatic carbocycles. The summed E-state index contributed by atoms with van der Waals surface area (Å²) in [5.41, 5.74) is 5.98. The number of hydrogen-bond donors (Lipinski definition) is 2. The van der Waals surface area contributed by atoms with Gasteiger partial charge < -0.3 is 5.73 Å². The SMILES string of the molecule is Nc1nc2sccn2c1S(=O)(=O)Nc1ccc(Br)cc1Cl. The number of imidazole rings is 1. The summed E-state index contributed by atoms with van der Waals surface area (Å²) in [5.74, 6) is -0.0532. The van der Waals surface area contributed by atoms with Crippen LogP contribution < -0.4 is 10.5 Å². The summed E-state index contributed by atoms with van der Waals surface area (Å²) in [7, 11) is -3.90. The molecule has 0 unspecified atom stereocenters. The number of nitrogens with two attached hydrogens (primary N) is 1. The lowest BCUT2D eigenvalue weighted by molar-refractivity contribution is 0.597. The molecule has 0 aliphatic rings. The predicted molar refractivity (Wildman–Crippen MR) is 87.4 cm³/mol. The smallest absolute Gasteiger partial charge is 0.281 e. The van der Waals surface area contributed by atoms with Gasteiger partial charge in [0.2, 0.25) is 5.03 Å². The third-order valence-electron chi connectivity index (χ3n) is 2.67. The Morgan fingerprint density at radius 1 is 1.43 bits per heavy atom. The first-order chi connectivity index (χ1) is 9.88. The highest BCUT2D eigenvalue weighted by atomic mass is 79.9. The van der Waals surface area contributed by atoms with E-state index >= 15 is 0 Å². The molecule has 110 valence electrons. The van der Waals surface area contributed by atoms with Gasteiger partial charge in [0.05, 0.1) is 10.7 Å². The van der Waals surface area contributed by atoms with E-state index in [2.05, 4.69) is 25.6 Å². The van der Waals surface area contributed by atoms with Crippen LogP contribution in [0.1, 0.15) is 0 Å². The molecule has 0 fully saturated rings. The molecule has 0 aliphatic carbocycles. The van der Waals surface area contributed by atoms with Gasteiger partial charge in [0.1, 0.15) is 0 Å². The first-order valence-corrected chi connectivity index (χ1v) is 9.11. The van der Waals surface area contributed by atoms with Crippen LogP contribution in [0, 0.1) is 0 Å². The van der Waals surface area contributed by atoms with Crippen LogP contribution in [0.4, 0.5) is 11.5 Å². The average molecular weight is 408 g/mol. The quantitative estimate of drug-likeness (QED) is 0.698. The second-order valence-corrected chi connectivity index (χ2v) is 7.88. The third kappa shape index (κ3) is 2.61. The van der Waals surface area contributed by atoms with Crippen LogP contribution in [0.15, 0.2) is 39.3 Å². The van der Waals surface area contributed by atoms with Crippen molar-refractivity contribution in [2.75, 3.05) is 10.5 Å². The number of benzene rings is 1. The van der Waals surface area contributed by atoms with Gasteiger partial charge in [-0.2, -0.15) is 8.42 Å². The minimum absolute atomic E-state index is 0.0532. The number of hydrogen-bond acceptors (Lipinski definition) is 5.